The molecule has 2 heterocycles. The van der Waals surface area contributed by atoms with Crippen molar-refractivity contribution >= 4 is 5.91 Å². The first kappa shape index (κ1) is 22.2. The third-order valence-electron chi connectivity index (χ3n) is 6.85. The van der Waals surface area contributed by atoms with Crippen molar-refractivity contribution in [3.8, 4) is 11.3 Å². The van der Waals surface area contributed by atoms with E-state index >= 15 is 0 Å². The van der Waals surface area contributed by atoms with E-state index in [0.717, 1.165) is 62.9 Å². The van der Waals surface area contributed by atoms with Gasteiger partial charge in [-0.1, -0.05) is 18.6 Å². The summed E-state index contributed by atoms with van der Waals surface area (Å²) in [5.74, 6) is 0.588. The quantitative estimate of drug-likeness (QED) is 0.611. The Morgan fingerprint density at radius 2 is 1.94 bits per heavy atom. The number of rotatable bonds is 6. The molecule has 4 rings (SSSR count). The van der Waals surface area contributed by atoms with Crippen LogP contribution in [0.25, 0.3) is 11.3 Å². The number of piperidine rings is 1. The number of hydrogen-bond donors (Lipinski definition) is 1. The van der Waals surface area contributed by atoms with Crippen molar-refractivity contribution in [1.82, 2.24) is 10.2 Å². The number of halogens is 3. The Labute approximate surface area is 181 Å². The minimum Gasteiger partial charge on any atom is -0.464 e. The highest BCUT2D eigenvalue weighted by Gasteiger charge is 2.33. The predicted octanol–water partition coefficient (Wildman–Crippen LogP) is 5.93. The van der Waals surface area contributed by atoms with E-state index in [4.69, 9.17) is 4.42 Å². The molecule has 1 saturated heterocycles. The van der Waals surface area contributed by atoms with E-state index in [1.54, 1.807) is 0 Å². The van der Waals surface area contributed by atoms with Gasteiger partial charge in [0.15, 0.2) is 0 Å². The zero-order chi connectivity index (χ0) is 21.8. The maximum absolute atomic E-state index is 12.3. The van der Waals surface area contributed by atoms with Gasteiger partial charge in [-0.05, 0) is 76.1 Å². The molecule has 4 nitrogen and oxygen atoms in total. The van der Waals surface area contributed by atoms with Crippen LogP contribution in [0, 0.1) is 5.92 Å². The van der Waals surface area contributed by atoms with Crippen molar-refractivity contribution < 1.29 is 22.4 Å². The van der Waals surface area contributed by atoms with Crippen LogP contribution >= 0.6 is 0 Å². The van der Waals surface area contributed by atoms with Crippen LogP contribution in [0.4, 0.5) is 13.2 Å². The standard InChI is InChI=1S/C24H31F3N2O2/c25-24(26,27)15-23(30)28-20-9-7-17(8-10-20)11-13-29-12-2-1-5-21(29)19-14-18-4-3-6-22(18)31-16-19/h3-4,6,14,16-17,20-21H,1-2,5,7-13,15H2,(H,28,30)/t17-,20-,21?. The van der Waals surface area contributed by atoms with E-state index in [1.807, 2.05) is 18.4 Å². The summed E-state index contributed by atoms with van der Waals surface area (Å²) in [7, 11) is 0. The van der Waals surface area contributed by atoms with Gasteiger partial charge < -0.3 is 9.73 Å². The van der Waals surface area contributed by atoms with E-state index in [9.17, 15) is 18.0 Å². The van der Waals surface area contributed by atoms with Crippen molar-refractivity contribution in [2.75, 3.05) is 13.1 Å². The van der Waals surface area contributed by atoms with Crippen LogP contribution < -0.4 is 5.32 Å². The highest BCUT2D eigenvalue weighted by Crippen LogP contribution is 2.36. The Hall–Kier alpha value is -2.02. The summed E-state index contributed by atoms with van der Waals surface area (Å²) in [5, 5.41) is 2.56. The first-order chi connectivity index (χ1) is 14.9. The smallest absolute Gasteiger partial charge is 0.397 e. The van der Waals surface area contributed by atoms with E-state index in [0.29, 0.717) is 12.0 Å². The summed E-state index contributed by atoms with van der Waals surface area (Å²) in [6.07, 6.45) is 4.21. The second-order valence-electron chi connectivity index (χ2n) is 9.14. The maximum Gasteiger partial charge on any atom is 0.397 e. The number of carbonyl (C=O) groups excluding carboxylic acids is 1. The van der Waals surface area contributed by atoms with Gasteiger partial charge in [0.1, 0.15) is 12.2 Å². The predicted molar refractivity (Wildman–Crippen MR) is 113 cm³/mol. The molecule has 1 N–H and O–H groups in total. The topological polar surface area (TPSA) is 45.5 Å². The summed E-state index contributed by atoms with van der Waals surface area (Å²) < 4.78 is 42.8. The van der Waals surface area contributed by atoms with E-state index < -0.39 is 18.5 Å². The Morgan fingerprint density at radius 1 is 1.13 bits per heavy atom. The molecule has 1 unspecified atom stereocenters. The molecule has 4 aliphatic rings. The van der Waals surface area contributed by atoms with Gasteiger partial charge in [0.25, 0.3) is 0 Å². The molecule has 0 spiro atoms. The fourth-order valence-electron chi connectivity index (χ4n) is 5.20. The van der Waals surface area contributed by atoms with Gasteiger partial charge >= 0.3 is 6.18 Å². The lowest BCUT2D eigenvalue weighted by atomic mass is 9.83. The third-order valence-corrected chi connectivity index (χ3v) is 6.85. The molecule has 2 fully saturated rings. The summed E-state index contributed by atoms with van der Waals surface area (Å²) in [4.78, 5) is 14.1. The molecule has 7 heteroatoms. The highest BCUT2D eigenvalue weighted by atomic mass is 19.4. The lowest BCUT2D eigenvalue weighted by Crippen LogP contribution is -2.40. The van der Waals surface area contributed by atoms with Gasteiger partial charge in [-0.25, -0.2) is 0 Å². The monoisotopic (exact) mass is 436 g/mol. The first-order valence-electron chi connectivity index (χ1n) is 11.4. The van der Waals surface area contributed by atoms with Gasteiger partial charge in [-0.15, -0.1) is 0 Å². The summed E-state index contributed by atoms with van der Waals surface area (Å²) >= 11 is 0. The lowest BCUT2D eigenvalue weighted by Gasteiger charge is -2.37. The molecule has 2 aliphatic carbocycles. The number of nitrogens with zero attached hydrogens (tertiary/aromatic N) is 1. The number of nitrogens with one attached hydrogen (secondary N) is 1. The Balaban J connectivity index is 1.26. The molecule has 1 atom stereocenters. The average molecular weight is 437 g/mol. The summed E-state index contributed by atoms with van der Waals surface area (Å²) in [6, 6.07) is 8.59. The van der Waals surface area contributed by atoms with Gasteiger partial charge in [0, 0.05) is 23.2 Å². The minimum atomic E-state index is -4.44. The maximum atomic E-state index is 12.3. The fourth-order valence-corrected chi connectivity index (χ4v) is 5.20. The summed E-state index contributed by atoms with van der Waals surface area (Å²) in [6.45, 7) is 2.12. The van der Waals surface area contributed by atoms with Crippen LogP contribution in [0.2, 0.25) is 0 Å². The third kappa shape index (κ3) is 6.03. The van der Waals surface area contributed by atoms with Crippen molar-refractivity contribution in [2.24, 2.45) is 5.92 Å². The number of fused-ring (bicyclic) bond motifs is 1. The Kier molecular flexibility index (Phi) is 6.89. The normalized spacial score (nSPS) is 25.6. The average Bonchev–Trinajstić information content (AvgIpc) is 3.20. The van der Waals surface area contributed by atoms with E-state index in [2.05, 4.69) is 22.3 Å². The molecule has 0 aromatic carbocycles. The second kappa shape index (κ2) is 9.63. The van der Waals surface area contributed by atoms with Crippen LogP contribution in [0.5, 0.6) is 0 Å². The molecular formula is C24H31F3N2O2. The Bertz CT molecular complexity index is 826. The van der Waals surface area contributed by atoms with Crippen molar-refractivity contribution in [1.29, 1.82) is 0 Å². The molecule has 1 saturated carbocycles. The van der Waals surface area contributed by atoms with E-state index in [1.165, 1.54) is 18.4 Å². The molecule has 0 aromatic rings. The molecular weight excluding hydrogens is 405 g/mol. The molecule has 0 aromatic heterocycles. The van der Waals surface area contributed by atoms with Crippen molar-refractivity contribution in [2.45, 2.75) is 76.0 Å². The zero-order valence-electron chi connectivity index (χ0n) is 17.8. The van der Waals surface area contributed by atoms with Crippen LogP contribution in [-0.4, -0.2) is 36.1 Å². The molecule has 31 heavy (non-hydrogen) atoms. The molecule has 0 bridgehead atoms. The number of amides is 1. The van der Waals surface area contributed by atoms with Gasteiger partial charge in [-0.2, -0.15) is 13.2 Å². The van der Waals surface area contributed by atoms with Crippen LogP contribution in [0.1, 0.15) is 69.4 Å². The van der Waals surface area contributed by atoms with Crippen LogP contribution in [0.15, 0.2) is 34.9 Å². The largest absolute Gasteiger partial charge is 0.464 e. The number of likely N-dealkylation sites (tertiary alicyclic amines) is 1. The SMILES string of the molecule is O=C(CC(F)(F)F)N[C@H]1CC[C@H](CCN2CCCCC2c2coc3cccc-3c2)CC1. The molecule has 170 valence electrons. The number of hydrogen-bond acceptors (Lipinski definition) is 3. The second-order valence-corrected chi connectivity index (χ2v) is 9.14. The summed E-state index contributed by atoms with van der Waals surface area (Å²) in [5.41, 5.74) is 2.39. The van der Waals surface area contributed by atoms with Crippen molar-refractivity contribution in [3.63, 3.8) is 0 Å². The molecule has 0 radical (unpaired) electrons. The highest BCUT2D eigenvalue weighted by molar-refractivity contribution is 5.76. The molecule has 2 aliphatic heterocycles. The van der Waals surface area contributed by atoms with Crippen LogP contribution in [0.3, 0.4) is 0 Å². The lowest BCUT2D eigenvalue weighted by molar-refractivity contribution is -0.154. The fraction of sp³-hybridized carbons (Fsp3) is 0.625. The zero-order valence-corrected chi connectivity index (χ0v) is 17.8. The van der Waals surface area contributed by atoms with Gasteiger partial charge in [-0.3, -0.25) is 9.69 Å². The number of carbonyl (C=O) groups is 1. The minimum absolute atomic E-state index is 0.119. The first-order valence-corrected chi connectivity index (χ1v) is 11.4. The van der Waals surface area contributed by atoms with Gasteiger partial charge in [0.2, 0.25) is 5.91 Å². The Morgan fingerprint density at radius 3 is 2.71 bits per heavy atom. The van der Waals surface area contributed by atoms with E-state index in [-0.39, 0.29) is 6.04 Å². The van der Waals surface area contributed by atoms with Gasteiger partial charge in [0.05, 0.1) is 6.26 Å². The van der Waals surface area contributed by atoms with Crippen molar-refractivity contribution in [3.05, 3.63) is 36.1 Å². The molecule has 1 amide bonds. The van der Waals surface area contributed by atoms with Crippen LogP contribution in [-0.2, 0) is 4.79 Å². The number of alkyl halides is 3.